The molecule has 3 atom stereocenters. The third kappa shape index (κ3) is 9.50. The molecule has 0 aliphatic carbocycles. The van der Waals surface area contributed by atoms with Crippen LogP contribution >= 0.6 is 11.3 Å². The van der Waals surface area contributed by atoms with Crippen LogP contribution in [0.3, 0.4) is 0 Å². The molecule has 4 heterocycles. The number of nitrogens with one attached hydrogen (secondary N) is 7. The van der Waals surface area contributed by atoms with Crippen LogP contribution in [-0.4, -0.2) is 89.3 Å². The summed E-state index contributed by atoms with van der Waals surface area (Å²) in [5, 5.41) is 22.9. The molecule has 2 aliphatic rings. The second-order valence-corrected chi connectivity index (χ2v) is 15.7. The number of hydrogen-bond donors (Lipinski definition) is 8. The van der Waals surface area contributed by atoms with E-state index >= 15 is 0 Å². The summed E-state index contributed by atoms with van der Waals surface area (Å²) in [6.07, 6.45) is 4.00. The molecule has 2 fully saturated rings. The summed E-state index contributed by atoms with van der Waals surface area (Å²) in [6, 6.07) is 18.1. The van der Waals surface area contributed by atoms with Gasteiger partial charge in [-0.3, -0.25) is 24.0 Å². The molecule has 2 saturated heterocycles. The van der Waals surface area contributed by atoms with E-state index in [4.69, 9.17) is 5.73 Å². The number of thiazole rings is 1. The van der Waals surface area contributed by atoms with Gasteiger partial charge >= 0.3 is 0 Å². The average Bonchev–Trinajstić information content (AvgIpc) is 3.91. The lowest BCUT2D eigenvalue weighted by molar-refractivity contribution is -0.136. The molecular formula is C42H49N9O5S. The maximum absolute atomic E-state index is 14.6. The van der Waals surface area contributed by atoms with Crippen LogP contribution in [0.15, 0.2) is 83.8 Å². The molecule has 5 amide bonds. The molecule has 0 bridgehead atoms. The van der Waals surface area contributed by atoms with Crippen molar-refractivity contribution in [2.24, 2.45) is 11.7 Å². The summed E-state index contributed by atoms with van der Waals surface area (Å²) in [5.74, 6) is -2.85. The predicted octanol–water partition coefficient (Wildman–Crippen LogP) is 1.98. The number of benzene rings is 3. The Balaban J connectivity index is 1.19. The molecule has 298 valence electrons. The van der Waals surface area contributed by atoms with E-state index in [0.29, 0.717) is 57.6 Å². The molecule has 5 aromatic rings. The first-order chi connectivity index (χ1) is 27.7. The molecule has 2 aliphatic heterocycles. The van der Waals surface area contributed by atoms with Crippen molar-refractivity contribution in [3.63, 3.8) is 0 Å². The molecule has 9 N–H and O–H groups in total. The normalized spacial score (nSPS) is 17.3. The molecule has 14 nitrogen and oxygen atoms in total. The van der Waals surface area contributed by atoms with Crippen LogP contribution in [-0.2, 0) is 43.2 Å². The van der Waals surface area contributed by atoms with Gasteiger partial charge in [0, 0.05) is 47.7 Å². The predicted molar refractivity (Wildman–Crippen MR) is 219 cm³/mol. The maximum atomic E-state index is 14.6. The van der Waals surface area contributed by atoms with Gasteiger partial charge < -0.3 is 42.6 Å². The summed E-state index contributed by atoms with van der Waals surface area (Å²) >= 11 is 1.35. The van der Waals surface area contributed by atoms with Crippen molar-refractivity contribution in [3.05, 3.63) is 101 Å². The minimum Gasteiger partial charge on any atom is -0.368 e. The van der Waals surface area contributed by atoms with E-state index in [9.17, 15) is 24.0 Å². The summed E-state index contributed by atoms with van der Waals surface area (Å²) in [7, 11) is 0. The molecule has 2 aromatic heterocycles. The average molecular weight is 792 g/mol. The van der Waals surface area contributed by atoms with Crippen LogP contribution in [0.1, 0.15) is 42.5 Å². The van der Waals surface area contributed by atoms with Crippen molar-refractivity contribution >= 4 is 62.5 Å². The Kier molecular flexibility index (Phi) is 12.6. The van der Waals surface area contributed by atoms with Crippen molar-refractivity contribution in [1.82, 2.24) is 41.9 Å². The number of nitrogens with zero attached hydrogens (tertiary/aromatic N) is 1. The van der Waals surface area contributed by atoms with Gasteiger partial charge in [-0.15, -0.1) is 11.3 Å². The maximum Gasteiger partial charge on any atom is 0.243 e. The van der Waals surface area contributed by atoms with Crippen LogP contribution in [0.2, 0.25) is 0 Å². The molecule has 15 heteroatoms. The van der Waals surface area contributed by atoms with E-state index in [1.165, 1.54) is 11.3 Å². The van der Waals surface area contributed by atoms with Crippen LogP contribution in [0.5, 0.6) is 0 Å². The Labute approximate surface area is 334 Å². The van der Waals surface area contributed by atoms with Crippen LogP contribution < -0.4 is 37.6 Å². The second-order valence-electron chi connectivity index (χ2n) is 15.0. The Morgan fingerprint density at radius 3 is 2.09 bits per heavy atom. The standard InChI is InChI=1S/C42H49N9O5S/c43-41(56)42(14-18-45-19-15-42)51-40(55)36(22-30-24-57-25-47-30)50-39(54)35(21-29-23-46-33-11-4-3-10-32(29)33)49-38(53)34(48-37(52)27-12-16-44-17-13-27)20-28-8-5-7-26-6-1-2-9-31(26)28/h1-11,23-25,27,34-36,44-46H,12-22H2,(H2,43,56)(H,48,52)(H,49,53)(H,50,54)(H,51,55)/t34-,35-,36+/m1/s1. The van der Waals surface area contributed by atoms with Gasteiger partial charge in [-0.1, -0.05) is 60.7 Å². The quantitative estimate of drug-likeness (QED) is 0.0784. The zero-order valence-electron chi connectivity index (χ0n) is 31.6. The lowest BCUT2D eigenvalue weighted by Crippen LogP contribution is -2.65. The number of primary amides is 1. The largest absolute Gasteiger partial charge is 0.368 e. The number of carbonyl (C=O) groups is 5. The minimum atomic E-state index is -1.29. The van der Waals surface area contributed by atoms with Gasteiger partial charge in [-0.25, -0.2) is 4.98 Å². The lowest BCUT2D eigenvalue weighted by Gasteiger charge is -2.36. The van der Waals surface area contributed by atoms with Crippen molar-refractivity contribution in [3.8, 4) is 0 Å². The van der Waals surface area contributed by atoms with Gasteiger partial charge in [-0.2, -0.15) is 0 Å². The molecule has 3 aromatic carbocycles. The number of aromatic nitrogens is 2. The highest BCUT2D eigenvalue weighted by atomic mass is 32.1. The van der Waals surface area contributed by atoms with E-state index in [2.05, 4.69) is 41.9 Å². The summed E-state index contributed by atoms with van der Waals surface area (Å²) < 4.78 is 0. The first-order valence-electron chi connectivity index (χ1n) is 19.5. The van der Waals surface area contributed by atoms with Crippen molar-refractivity contribution in [2.75, 3.05) is 26.2 Å². The van der Waals surface area contributed by atoms with Crippen LogP contribution in [0.25, 0.3) is 21.7 Å². The fraction of sp³-hybridized carbons (Fsp3) is 0.381. The Hall–Kier alpha value is -5.64. The summed E-state index contributed by atoms with van der Waals surface area (Å²) in [4.78, 5) is 77.3. The number of H-pyrrole nitrogens is 1. The number of rotatable bonds is 15. The fourth-order valence-corrected chi connectivity index (χ4v) is 8.49. The highest BCUT2D eigenvalue weighted by Gasteiger charge is 2.41. The van der Waals surface area contributed by atoms with Crippen molar-refractivity contribution < 1.29 is 24.0 Å². The molecule has 7 rings (SSSR count). The van der Waals surface area contributed by atoms with Gasteiger partial charge in [0.05, 0.1) is 11.2 Å². The first-order valence-corrected chi connectivity index (χ1v) is 20.5. The second kappa shape index (κ2) is 18.1. The molecule has 57 heavy (non-hydrogen) atoms. The Bertz CT molecular complexity index is 2210. The highest BCUT2D eigenvalue weighted by molar-refractivity contribution is 7.07. The number of fused-ring (bicyclic) bond motifs is 2. The number of carbonyl (C=O) groups excluding carboxylic acids is 5. The smallest absolute Gasteiger partial charge is 0.243 e. The lowest BCUT2D eigenvalue weighted by atomic mass is 9.87. The SMILES string of the molecule is NC(=O)C1(NC(=O)[C@H](Cc2cscn2)NC(=O)[C@@H](Cc2c[nH]c3ccccc23)NC(=O)[C@@H](Cc2cccc3ccccc23)NC(=O)C2CCNCC2)CCNCC1. The van der Waals surface area contributed by atoms with Crippen molar-refractivity contribution in [1.29, 1.82) is 0 Å². The summed E-state index contributed by atoms with van der Waals surface area (Å²) in [6.45, 7) is 2.38. The third-order valence-electron chi connectivity index (χ3n) is 11.2. The number of piperidine rings is 2. The number of nitrogens with two attached hydrogens (primary N) is 1. The van der Waals surface area contributed by atoms with E-state index in [0.717, 1.165) is 32.8 Å². The van der Waals surface area contributed by atoms with Crippen LogP contribution in [0, 0.1) is 5.92 Å². The highest BCUT2D eigenvalue weighted by Crippen LogP contribution is 2.23. The first kappa shape index (κ1) is 39.6. The van der Waals surface area contributed by atoms with Crippen LogP contribution in [0.4, 0.5) is 0 Å². The topological polar surface area (TPSA) is 212 Å². The fourth-order valence-electron chi connectivity index (χ4n) is 7.91. The molecule has 0 unspecified atom stereocenters. The number of para-hydroxylation sites is 1. The van der Waals surface area contributed by atoms with E-state index < -0.39 is 47.3 Å². The van der Waals surface area contributed by atoms with Crippen molar-refractivity contribution in [2.45, 2.75) is 68.6 Å². The number of amides is 5. The van der Waals surface area contributed by atoms with E-state index in [1.54, 1.807) is 17.1 Å². The minimum absolute atomic E-state index is 0.0396. The number of hydrogen-bond acceptors (Lipinski definition) is 9. The molecule has 0 spiro atoms. The molecule has 0 saturated carbocycles. The third-order valence-corrected chi connectivity index (χ3v) is 11.8. The van der Waals surface area contributed by atoms with Gasteiger partial charge in [0.25, 0.3) is 0 Å². The zero-order valence-corrected chi connectivity index (χ0v) is 32.5. The van der Waals surface area contributed by atoms with E-state index in [1.807, 2.05) is 66.7 Å². The van der Waals surface area contributed by atoms with E-state index in [-0.39, 0.29) is 31.1 Å². The van der Waals surface area contributed by atoms with Gasteiger partial charge in [0.15, 0.2) is 0 Å². The van der Waals surface area contributed by atoms with Gasteiger partial charge in [0.1, 0.15) is 23.7 Å². The Morgan fingerprint density at radius 1 is 0.737 bits per heavy atom. The van der Waals surface area contributed by atoms with Gasteiger partial charge in [0.2, 0.25) is 29.5 Å². The molecule has 0 radical (unpaired) electrons. The Morgan fingerprint density at radius 2 is 1.37 bits per heavy atom. The summed E-state index contributed by atoms with van der Waals surface area (Å²) in [5.41, 5.74) is 9.28. The zero-order chi connectivity index (χ0) is 39.8. The monoisotopic (exact) mass is 791 g/mol. The molecular weight excluding hydrogens is 743 g/mol. The number of aromatic amines is 1. The van der Waals surface area contributed by atoms with Gasteiger partial charge in [-0.05, 0) is 79.8 Å².